The quantitative estimate of drug-likeness (QED) is 0.866. The average molecular weight is 344 g/mol. The summed E-state index contributed by atoms with van der Waals surface area (Å²) in [4.78, 5) is -0.459. The summed E-state index contributed by atoms with van der Waals surface area (Å²) in [6.45, 7) is 0. The highest BCUT2D eigenvalue weighted by Crippen LogP contribution is 2.32. The molecule has 23 heavy (non-hydrogen) atoms. The summed E-state index contributed by atoms with van der Waals surface area (Å²) >= 11 is 0. The average Bonchev–Trinajstić information content (AvgIpc) is 2.48. The van der Waals surface area contributed by atoms with Gasteiger partial charge in [0, 0.05) is 0 Å². The molecule has 2 aromatic carbocycles. The number of halogens is 4. The Hall–Kier alpha value is -2.60. The Bertz CT molecular complexity index is 886. The normalized spacial score (nSPS) is 11.8. The first-order valence-corrected chi connectivity index (χ1v) is 7.52. The molecule has 4 nitrogen and oxygen atoms in total. The molecular weight excluding hydrogens is 336 g/mol. The van der Waals surface area contributed by atoms with Crippen molar-refractivity contribution in [2.45, 2.75) is 11.1 Å². The molecule has 0 unspecified atom stereocenters. The van der Waals surface area contributed by atoms with Crippen LogP contribution < -0.4 is 4.72 Å². The van der Waals surface area contributed by atoms with Gasteiger partial charge in [0.15, 0.2) is 0 Å². The number of rotatable bonds is 3. The predicted octanol–water partition coefficient (Wildman–Crippen LogP) is 3.52. The van der Waals surface area contributed by atoms with Gasteiger partial charge in [-0.05, 0) is 30.3 Å². The van der Waals surface area contributed by atoms with Crippen LogP contribution in [0.25, 0.3) is 0 Å². The first-order chi connectivity index (χ1) is 10.6. The van der Waals surface area contributed by atoms with Crippen LogP contribution in [0.3, 0.4) is 0 Å². The van der Waals surface area contributed by atoms with Crippen molar-refractivity contribution in [2.24, 2.45) is 0 Å². The maximum Gasteiger partial charge on any atom is 0.416 e. The van der Waals surface area contributed by atoms with Crippen LogP contribution in [0.15, 0.2) is 47.4 Å². The highest BCUT2D eigenvalue weighted by Gasteiger charge is 2.31. The van der Waals surface area contributed by atoms with Crippen molar-refractivity contribution < 1.29 is 26.0 Å². The second-order valence-electron chi connectivity index (χ2n) is 4.41. The van der Waals surface area contributed by atoms with E-state index in [0.29, 0.717) is 18.2 Å². The molecule has 0 atom stereocenters. The third-order valence-electron chi connectivity index (χ3n) is 2.84. The van der Waals surface area contributed by atoms with Crippen LogP contribution in [0.4, 0.5) is 23.2 Å². The summed E-state index contributed by atoms with van der Waals surface area (Å²) in [5, 5.41) is 8.89. The lowest BCUT2D eigenvalue weighted by Gasteiger charge is -2.12. The van der Waals surface area contributed by atoms with E-state index in [1.807, 2.05) is 0 Å². The van der Waals surface area contributed by atoms with E-state index in [1.165, 1.54) is 18.2 Å². The van der Waals surface area contributed by atoms with Gasteiger partial charge in [-0.1, -0.05) is 12.1 Å². The summed E-state index contributed by atoms with van der Waals surface area (Å²) in [5.74, 6) is -1.17. The molecule has 0 fully saturated rings. The summed E-state index contributed by atoms with van der Waals surface area (Å²) in [5.41, 5.74) is -2.27. The van der Waals surface area contributed by atoms with E-state index in [9.17, 15) is 26.0 Å². The number of benzene rings is 2. The van der Waals surface area contributed by atoms with E-state index in [4.69, 9.17) is 5.26 Å². The second-order valence-corrected chi connectivity index (χ2v) is 6.06. The second kappa shape index (κ2) is 5.89. The lowest BCUT2D eigenvalue weighted by atomic mass is 10.2. The van der Waals surface area contributed by atoms with Gasteiger partial charge in [0.25, 0.3) is 10.0 Å². The van der Waals surface area contributed by atoms with Crippen LogP contribution in [0.1, 0.15) is 11.1 Å². The zero-order valence-electron chi connectivity index (χ0n) is 11.2. The molecule has 0 aliphatic rings. The van der Waals surface area contributed by atoms with Crippen LogP contribution in [-0.2, 0) is 16.2 Å². The molecule has 0 aliphatic heterocycles. The third kappa shape index (κ3) is 3.60. The molecule has 0 amide bonds. The lowest BCUT2D eigenvalue weighted by molar-refractivity contribution is -0.137. The molecule has 0 aliphatic carbocycles. The topological polar surface area (TPSA) is 70.0 Å². The summed E-state index contributed by atoms with van der Waals surface area (Å²) < 4.78 is 77.6. The van der Waals surface area contributed by atoms with E-state index in [1.54, 1.807) is 10.8 Å². The van der Waals surface area contributed by atoms with Gasteiger partial charge in [-0.2, -0.15) is 18.4 Å². The van der Waals surface area contributed by atoms with Crippen molar-refractivity contribution in [3.63, 3.8) is 0 Å². The number of hydrogen-bond acceptors (Lipinski definition) is 3. The van der Waals surface area contributed by atoms with Crippen molar-refractivity contribution in [3.8, 4) is 6.07 Å². The molecule has 2 rings (SSSR count). The fraction of sp³-hybridized carbons (Fsp3) is 0.0714. The van der Waals surface area contributed by atoms with Gasteiger partial charge in [-0.3, -0.25) is 4.72 Å². The van der Waals surface area contributed by atoms with Crippen LogP contribution in [0.2, 0.25) is 0 Å². The Balaban J connectivity index is 2.48. The maximum absolute atomic E-state index is 13.6. The number of alkyl halides is 3. The van der Waals surface area contributed by atoms with Gasteiger partial charge in [0.05, 0.1) is 16.8 Å². The van der Waals surface area contributed by atoms with Crippen LogP contribution in [0.5, 0.6) is 0 Å². The minimum atomic E-state index is -4.75. The Morgan fingerprint density at radius 2 is 1.74 bits per heavy atom. The highest BCUT2D eigenvalue weighted by atomic mass is 32.2. The molecular formula is C14H8F4N2O2S. The predicted molar refractivity (Wildman–Crippen MR) is 73.4 cm³/mol. The Kier molecular flexibility index (Phi) is 4.29. The van der Waals surface area contributed by atoms with Gasteiger partial charge >= 0.3 is 6.18 Å². The minimum Gasteiger partial charge on any atom is -0.277 e. The molecule has 0 bridgehead atoms. The lowest BCUT2D eigenvalue weighted by Crippen LogP contribution is -2.16. The molecule has 0 aromatic heterocycles. The summed E-state index contributed by atoms with van der Waals surface area (Å²) in [6.07, 6.45) is -4.75. The first-order valence-electron chi connectivity index (χ1n) is 6.04. The largest absolute Gasteiger partial charge is 0.416 e. The molecule has 0 heterocycles. The van der Waals surface area contributed by atoms with Crippen molar-refractivity contribution in [1.82, 2.24) is 0 Å². The molecule has 0 saturated heterocycles. The number of sulfonamides is 1. The number of anilines is 1. The Morgan fingerprint density at radius 1 is 1.09 bits per heavy atom. The van der Waals surface area contributed by atoms with Gasteiger partial charge in [-0.15, -0.1) is 0 Å². The molecule has 0 radical (unpaired) electrons. The van der Waals surface area contributed by atoms with Crippen LogP contribution in [0, 0.1) is 17.1 Å². The van der Waals surface area contributed by atoms with E-state index >= 15 is 0 Å². The number of nitrogens with zero attached hydrogens (tertiary/aromatic N) is 1. The van der Waals surface area contributed by atoms with Gasteiger partial charge in [0.2, 0.25) is 0 Å². The number of hydrogen-bond donors (Lipinski definition) is 1. The molecule has 1 N–H and O–H groups in total. The molecule has 0 spiro atoms. The summed E-state index contributed by atoms with van der Waals surface area (Å²) in [7, 11) is -4.42. The van der Waals surface area contributed by atoms with E-state index in [-0.39, 0.29) is 5.56 Å². The van der Waals surface area contributed by atoms with E-state index < -0.39 is 38.2 Å². The third-order valence-corrected chi connectivity index (χ3v) is 4.26. The van der Waals surface area contributed by atoms with Crippen molar-refractivity contribution in [3.05, 3.63) is 59.4 Å². The van der Waals surface area contributed by atoms with Crippen LogP contribution >= 0.6 is 0 Å². The zero-order valence-corrected chi connectivity index (χ0v) is 12.0. The van der Waals surface area contributed by atoms with Gasteiger partial charge in [0.1, 0.15) is 16.8 Å². The van der Waals surface area contributed by atoms with Crippen molar-refractivity contribution in [2.75, 3.05) is 4.72 Å². The Morgan fingerprint density at radius 3 is 2.35 bits per heavy atom. The van der Waals surface area contributed by atoms with Gasteiger partial charge in [-0.25, -0.2) is 12.8 Å². The summed E-state index contributed by atoms with van der Waals surface area (Å²) in [6, 6.07) is 8.06. The maximum atomic E-state index is 13.6. The fourth-order valence-electron chi connectivity index (χ4n) is 1.77. The SMILES string of the molecule is N#Cc1ccccc1S(=O)(=O)Nc1cc(C(F)(F)F)ccc1F. The fourth-order valence-corrected chi connectivity index (χ4v) is 2.99. The zero-order chi connectivity index (χ0) is 17.3. The number of nitriles is 1. The standard InChI is InChI=1S/C14H8F4N2O2S/c15-11-6-5-10(14(16,17)18)7-12(11)20-23(21,22)13-4-2-1-3-9(13)8-19/h1-7,20H. The van der Waals surface area contributed by atoms with E-state index in [0.717, 1.165) is 6.07 Å². The van der Waals surface area contributed by atoms with Crippen molar-refractivity contribution >= 4 is 15.7 Å². The molecule has 2 aromatic rings. The van der Waals surface area contributed by atoms with Gasteiger partial charge < -0.3 is 0 Å². The molecule has 120 valence electrons. The molecule has 9 heteroatoms. The van der Waals surface area contributed by atoms with Crippen molar-refractivity contribution in [1.29, 1.82) is 5.26 Å². The number of nitrogens with one attached hydrogen (secondary N) is 1. The molecule has 0 saturated carbocycles. The minimum absolute atomic E-state index is 0.215. The van der Waals surface area contributed by atoms with E-state index in [2.05, 4.69) is 0 Å². The smallest absolute Gasteiger partial charge is 0.277 e. The monoisotopic (exact) mass is 344 g/mol. The highest BCUT2D eigenvalue weighted by molar-refractivity contribution is 7.92. The Labute approximate surface area is 129 Å². The van der Waals surface area contributed by atoms with Crippen LogP contribution in [-0.4, -0.2) is 8.42 Å². The first kappa shape index (κ1) is 16.8.